The maximum atomic E-state index is 14.5. The van der Waals surface area contributed by atoms with Gasteiger partial charge in [0.15, 0.2) is 0 Å². The number of rotatable bonds is 45. The molecule has 530 valence electrons. The number of hydrogen-bond donors (Lipinski definition) is 19. The Labute approximate surface area is 553 Å². The standard InChI is InChI=1S/C61H91N15O20/c1-6-32(4)51(65)61(96)75-42(25-34-12-8-7-9-13-34)58(93)73-43(27-47(63)81)52(87)66-23-11-10-14-37(69-57(92)40(24-31(2)3)71-60(95)45(30-77)76-55(90)38(68-33(5)78)20-22-49(83)84)54(89)74-44(28-50(85)86)59(94)70-39(19-21-46(62)80)56(91)72-41(53(88)67-29-48(64)82)26-35-15-17-36(79)18-16-35/h7-9,12-13,15-18,31-32,37-45,51,77,79H,6,10-11,14,19-30,65H2,1-5H3,(H2,62,80)(H2,63,81)(H2,64,82)(H,66,87)(H,67,88)(H,68,78)(H,69,92)(H,70,94)(H,71,95)(H,72,91)(H,73,93)(H,74,89)(H,75,96)(H,76,90)(H,83,84)(H,85,86). The topological polar surface area (TPSA) is 590 Å². The van der Waals surface area contributed by atoms with Gasteiger partial charge in [-0.15, -0.1) is 0 Å². The molecule has 2 aromatic rings. The maximum Gasteiger partial charge on any atom is 0.305 e. The molecule has 0 bridgehead atoms. The Bertz CT molecular complexity index is 3050. The molecule has 23 N–H and O–H groups in total. The number of carbonyl (C=O) groups excluding carboxylic acids is 14. The fraction of sp³-hybridized carbons (Fsp3) is 0.541. The van der Waals surface area contributed by atoms with Gasteiger partial charge in [-0.25, -0.2) is 0 Å². The van der Waals surface area contributed by atoms with Gasteiger partial charge in [0.1, 0.15) is 60.1 Å². The first-order chi connectivity index (χ1) is 45.1. The van der Waals surface area contributed by atoms with Crippen molar-refractivity contribution in [1.82, 2.24) is 58.5 Å². The Morgan fingerprint density at radius 1 is 0.448 bits per heavy atom. The van der Waals surface area contributed by atoms with Crippen LogP contribution in [-0.4, -0.2) is 195 Å². The van der Waals surface area contributed by atoms with Gasteiger partial charge in [0.05, 0.1) is 32.0 Å². The summed E-state index contributed by atoms with van der Waals surface area (Å²) >= 11 is 0. The van der Waals surface area contributed by atoms with Crippen LogP contribution in [0.15, 0.2) is 54.6 Å². The van der Waals surface area contributed by atoms with E-state index in [1.807, 2.05) is 6.92 Å². The number of aliphatic hydroxyl groups excluding tert-OH is 1. The smallest absolute Gasteiger partial charge is 0.305 e. The highest BCUT2D eigenvalue weighted by molar-refractivity contribution is 5.99. The molecule has 11 atom stereocenters. The molecule has 96 heavy (non-hydrogen) atoms. The minimum absolute atomic E-state index is 0.0590. The fourth-order valence-electron chi connectivity index (χ4n) is 9.23. The van der Waals surface area contributed by atoms with Crippen LogP contribution in [0.5, 0.6) is 5.75 Å². The van der Waals surface area contributed by atoms with Crippen LogP contribution in [0.25, 0.3) is 0 Å². The van der Waals surface area contributed by atoms with Gasteiger partial charge in [-0.05, 0) is 73.6 Å². The van der Waals surface area contributed by atoms with Crippen LogP contribution in [0, 0.1) is 11.8 Å². The molecule has 0 saturated heterocycles. The van der Waals surface area contributed by atoms with Gasteiger partial charge < -0.3 is 102 Å². The van der Waals surface area contributed by atoms with Crippen molar-refractivity contribution in [2.75, 3.05) is 19.7 Å². The van der Waals surface area contributed by atoms with Crippen molar-refractivity contribution in [2.45, 2.75) is 179 Å². The molecule has 35 heteroatoms. The van der Waals surface area contributed by atoms with Crippen molar-refractivity contribution in [1.29, 1.82) is 0 Å². The lowest BCUT2D eigenvalue weighted by atomic mass is 9.98. The third-order valence-corrected chi connectivity index (χ3v) is 14.6. The number of nitrogens with one attached hydrogen (secondary N) is 11. The van der Waals surface area contributed by atoms with Crippen LogP contribution in [0.1, 0.15) is 116 Å². The molecule has 0 aliphatic heterocycles. The normalized spacial score (nSPS) is 14.4. The Hall–Kier alpha value is -10.3. The molecule has 0 heterocycles. The molecular formula is C61H91N15O20. The second kappa shape index (κ2) is 42.1. The molecule has 0 fully saturated rings. The summed E-state index contributed by atoms with van der Waals surface area (Å²) in [6, 6.07) is -2.20. The predicted molar refractivity (Wildman–Crippen MR) is 339 cm³/mol. The third kappa shape index (κ3) is 31.5. The van der Waals surface area contributed by atoms with E-state index in [1.54, 1.807) is 51.1 Å². The van der Waals surface area contributed by atoms with Crippen LogP contribution in [0.3, 0.4) is 0 Å². The number of phenols is 1. The number of nitrogens with two attached hydrogens (primary N) is 4. The third-order valence-electron chi connectivity index (χ3n) is 14.6. The number of aliphatic carboxylic acids is 2. The van der Waals surface area contributed by atoms with Crippen molar-refractivity contribution >= 4 is 94.6 Å². The molecule has 11 unspecified atom stereocenters. The lowest BCUT2D eigenvalue weighted by Gasteiger charge is -2.28. The number of aliphatic hydroxyl groups is 1. The summed E-state index contributed by atoms with van der Waals surface area (Å²) in [5.41, 5.74) is 23.2. The van der Waals surface area contributed by atoms with Gasteiger partial charge in [-0.3, -0.25) is 76.7 Å². The largest absolute Gasteiger partial charge is 0.508 e. The van der Waals surface area contributed by atoms with E-state index in [2.05, 4.69) is 58.5 Å². The number of primary amides is 3. The van der Waals surface area contributed by atoms with Crippen molar-refractivity contribution in [3.63, 3.8) is 0 Å². The van der Waals surface area contributed by atoms with Gasteiger partial charge in [0, 0.05) is 39.2 Å². The Balaban J connectivity index is 2.60. The van der Waals surface area contributed by atoms with E-state index in [-0.39, 0.29) is 50.3 Å². The van der Waals surface area contributed by atoms with Crippen LogP contribution < -0.4 is 81.4 Å². The van der Waals surface area contributed by atoms with Crippen LogP contribution >= 0.6 is 0 Å². The Morgan fingerprint density at radius 2 is 0.885 bits per heavy atom. The molecule has 0 aliphatic rings. The highest BCUT2D eigenvalue weighted by Crippen LogP contribution is 2.15. The number of carbonyl (C=O) groups is 16. The van der Waals surface area contributed by atoms with Crippen LogP contribution in [0.2, 0.25) is 0 Å². The number of hydrogen-bond acceptors (Lipinski definition) is 19. The second-order valence-corrected chi connectivity index (χ2v) is 23.2. The minimum Gasteiger partial charge on any atom is -0.508 e. The molecule has 0 aromatic heterocycles. The van der Waals surface area contributed by atoms with E-state index in [4.69, 9.17) is 22.9 Å². The number of unbranched alkanes of at least 4 members (excludes halogenated alkanes) is 1. The molecule has 0 saturated carbocycles. The summed E-state index contributed by atoms with van der Waals surface area (Å²) in [5.74, 6) is -18.1. The lowest BCUT2D eigenvalue weighted by molar-refractivity contribution is -0.142. The second-order valence-electron chi connectivity index (χ2n) is 23.2. The molecular weight excluding hydrogens is 1260 g/mol. The van der Waals surface area contributed by atoms with Gasteiger partial charge in [-0.2, -0.15) is 0 Å². The molecule has 14 amide bonds. The zero-order valence-electron chi connectivity index (χ0n) is 54.1. The van der Waals surface area contributed by atoms with E-state index in [9.17, 15) is 97.1 Å². The number of phenolic OH excluding ortho intramolecular Hbond substituents is 1. The number of carboxylic acid groups (broad SMARTS) is 2. The fourth-order valence-corrected chi connectivity index (χ4v) is 9.23. The van der Waals surface area contributed by atoms with Crippen molar-refractivity contribution in [3.05, 3.63) is 65.7 Å². The molecule has 35 nitrogen and oxygen atoms in total. The van der Waals surface area contributed by atoms with Gasteiger partial charge in [0.2, 0.25) is 82.7 Å². The zero-order chi connectivity index (χ0) is 72.4. The summed E-state index contributed by atoms with van der Waals surface area (Å²) in [4.78, 5) is 210. The molecule has 0 aliphatic carbocycles. The number of aromatic hydroxyl groups is 1. The molecule has 2 rings (SSSR count). The first-order valence-electron chi connectivity index (χ1n) is 30.9. The van der Waals surface area contributed by atoms with Gasteiger partial charge in [0.25, 0.3) is 0 Å². The monoisotopic (exact) mass is 1350 g/mol. The number of benzene rings is 2. The van der Waals surface area contributed by atoms with E-state index in [1.165, 1.54) is 24.3 Å². The van der Waals surface area contributed by atoms with Crippen LogP contribution in [-0.2, 0) is 89.6 Å². The van der Waals surface area contributed by atoms with Crippen LogP contribution in [0.4, 0.5) is 0 Å². The number of amides is 14. The summed E-state index contributed by atoms with van der Waals surface area (Å²) in [6.45, 7) is 5.83. The summed E-state index contributed by atoms with van der Waals surface area (Å²) in [7, 11) is 0. The summed E-state index contributed by atoms with van der Waals surface area (Å²) in [6.07, 6.45) is -4.75. The van der Waals surface area contributed by atoms with Crippen molar-refractivity contribution in [2.24, 2.45) is 34.8 Å². The average molecular weight is 1350 g/mol. The Morgan fingerprint density at radius 3 is 1.40 bits per heavy atom. The molecule has 0 radical (unpaired) electrons. The Kier molecular flexibility index (Phi) is 35.9. The SMILES string of the molecule is CCC(C)C(N)C(=O)NC(Cc1ccccc1)C(=O)NC(CC(N)=O)C(=O)NCCCCC(NC(=O)C(CC(C)C)NC(=O)C(CO)NC(=O)C(CCC(=O)O)NC(C)=O)C(=O)NC(CC(=O)O)C(=O)NC(CCC(N)=O)C(=O)NC(Cc1ccc(O)cc1)C(=O)NCC(N)=O. The molecule has 0 spiro atoms. The highest BCUT2D eigenvalue weighted by atomic mass is 16.4. The summed E-state index contributed by atoms with van der Waals surface area (Å²) in [5, 5.41) is 65.4. The average Bonchev–Trinajstić information content (AvgIpc) is 0.895. The zero-order valence-corrected chi connectivity index (χ0v) is 54.1. The maximum absolute atomic E-state index is 14.5. The molecule has 2 aromatic carbocycles. The van der Waals surface area contributed by atoms with E-state index >= 15 is 0 Å². The van der Waals surface area contributed by atoms with Crippen molar-refractivity contribution in [3.8, 4) is 5.75 Å². The van der Waals surface area contributed by atoms with E-state index in [0.717, 1.165) is 6.92 Å². The highest BCUT2D eigenvalue weighted by Gasteiger charge is 2.36. The first kappa shape index (κ1) is 81.8. The quantitative estimate of drug-likeness (QED) is 0.0275. The number of carboxylic acids is 2. The van der Waals surface area contributed by atoms with Gasteiger partial charge in [-0.1, -0.05) is 76.6 Å². The summed E-state index contributed by atoms with van der Waals surface area (Å²) < 4.78 is 0. The van der Waals surface area contributed by atoms with Gasteiger partial charge >= 0.3 is 11.9 Å². The van der Waals surface area contributed by atoms with Crippen molar-refractivity contribution < 1.29 is 97.1 Å². The predicted octanol–water partition coefficient (Wildman–Crippen LogP) is -5.66. The first-order valence-corrected chi connectivity index (χ1v) is 30.9. The van der Waals surface area contributed by atoms with E-state index in [0.29, 0.717) is 17.5 Å². The minimum atomic E-state index is -2.12. The van der Waals surface area contributed by atoms with E-state index < -0.39 is 219 Å². The lowest BCUT2D eigenvalue weighted by Crippen LogP contribution is -2.60.